The number of aryl methyl sites for hydroxylation is 1. The first-order chi connectivity index (χ1) is 15.1. The number of anilines is 2. The maximum absolute atomic E-state index is 6.61. The van der Waals surface area contributed by atoms with Crippen molar-refractivity contribution in [3.05, 3.63) is 71.6 Å². The predicted octanol–water partition coefficient (Wildman–Crippen LogP) is 4.92. The molecule has 8 nitrogen and oxygen atoms in total. The number of halogens is 1. The van der Waals surface area contributed by atoms with E-state index in [0.717, 1.165) is 33.5 Å². The van der Waals surface area contributed by atoms with Crippen molar-refractivity contribution in [3.63, 3.8) is 0 Å². The van der Waals surface area contributed by atoms with E-state index >= 15 is 0 Å². The van der Waals surface area contributed by atoms with Crippen molar-refractivity contribution >= 4 is 34.1 Å². The molecule has 0 saturated carbocycles. The third-order valence-corrected chi connectivity index (χ3v) is 5.39. The molecular formula is C22H18ClN7O. The fourth-order valence-electron chi connectivity index (χ4n) is 3.34. The van der Waals surface area contributed by atoms with Crippen LogP contribution in [-0.2, 0) is 0 Å². The molecule has 0 atom stereocenters. The maximum Gasteiger partial charge on any atom is 0.231 e. The summed E-state index contributed by atoms with van der Waals surface area (Å²) in [6.45, 7) is 1.99. The summed E-state index contributed by atoms with van der Waals surface area (Å²) in [6, 6.07) is 13.4. The van der Waals surface area contributed by atoms with Gasteiger partial charge in [0.05, 0.1) is 35.2 Å². The van der Waals surface area contributed by atoms with Crippen molar-refractivity contribution in [2.24, 2.45) is 0 Å². The summed E-state index contributed by atoms with van der Waals surface area (Å²) in [4.78, 5) is 8.84. The van der Waals surface area contributed by atoms with Crippen molar-refractivity contribution < 1.29 is 4.74 Å². The van der Waals surface area contributed by atoms with Gasteiger partial charge in [-0.2, -0.15) is 14.8 Å². The van der Waals surface area contributed by atoms with Gasteiger partial charge >= 0.3 is 0 Å². The number of H-pyrrole nitrogens is 1. The summed E-state index contributed by atoms with van der Waals surface area (Å²) in [7, 11) is 1.65. The van der Waals surface area contributed by atoms with Crippen LogP contribution in [0, 0.1) is 6.92 Å². The number of benzene rings is 2. The van der Waals surface area contributed by atoms with Gasteiger partial charge in [0.2, 0.25) is 5.95 Å². The van der Waals surface area contributed by atoms with E-state index in [1.54, 1.807) is 30.4 Å². The number of pyridine rings is 1. The van der Waals surface area contributed by atoms with Crippen LogP contribution in [0.5, 0.6) is 5.75 Å². The Bertz CT molecular complexity index is 1380. The van der Waals surface area contributed by atoms with E-state index in [1.807, 2.05) is 49.4 Å². The van der Waals surface area contributed by atoms with Crippen LogP contribution in [0.1, 0.15) is 5.56 Å². The highest BCUT2D eigenvalue weighted by atomic mass is 35.5. The third kappa shape index (κ3) is 3.47. The van der Waals surface area contributed by atoms with Crippen molar-refractivity contribution in [2.75, 3.05) is 12.4 Å². The van der Waals surface area contributed by atoms with Crippen LogP contribution < -0.4 is 10.1 Å². The molecule has 2 aromatic carbocycles. The molecule has 154 valence electrons. The number of hydrogen-bond donors (Lipinski definition) is 2. The van der Waals surface area contributed by atoms with Gasteiger partial charge in [0.15, 0.2) is 5.82 Å². The first-order valence-electron chi connectivity index (χ1n) is 9.55. The molecule has 31 heavy (non-hydrogen) atoms. The molecule has 0 aliphatic rings. The SMILES string of the molecule is COc1cc(-c2nc(Nc3ccc4[nH]ncc4c3Cl)n(-c3ccncc3)n2)ccc1C. The predicted molar refractivity (Wildman–Crippen MR) is 120 cm³/mol. The van der Waals surface area contributed by atoms with Crippen molar-refractivity contribution in [1.82, 2.24) is 29.9 Å². The molecule has 0 aliphatic heterocycles. The normalized spacial score (nSPS) is 11.1. The average molecular weight is 432 g/mol. The number of ether oxygens (including phenoxy) is 1. The zero-order valence-corrected chi connectivity index (χ0v) is 17.6. The van der Waals surface area contributed by atoms with Gasteiger partial charge in [-0.15, -0.1) is 5.10 Å². The number of methoxy groups -OCH3 is 1. The molecule has 9 heteroatoms. The van der Waals surface area contributed by atoms with Gasteiger partial charge < -0.3 is 10.1 Å². The zero-order valence-electron chi connectivity index (χ0n) is 16.8. The number of rotatable bonds is 5. The molecule has 3 aromatic heterocycles. The first kappa shape index (κ1) is 19.1. The molecule has 0 radical (unpaired) electrons. The Labute approximate surface area is 182 Å². The van der Waals surface area contributed by atoms with Gasteiger partial charge in [0, 0.05) is 23.3 Å². The highest BCUT2D eigenvalue weighted by molar-refractivity contribution is 6.38. The number of nitrogens with one attached hydrogen (secondary N) is 2. The molecule has 0 spiro atoms. The lowest BCUT2D eigenvalue weighted by molar-refractivity contribution is 0.412. The minimum absolute atomic E-state index is 0.519. The minimum atomic E-state index is 0.519. The largest absolute Gasteiger partial charge is 0.496 e. The van der Waals surface area contributed by atoms with E-state index < -0.39 is 0 Å². The van der Waals surface area contributed by atoms with Crippen LogP contribution in [-0.4, -0.2) is 37.1 Å². The fraction of sp³-hybridized carbons (Fsp3) is 0.0909. The van der Waals surface area contributed by atoms with Gasteiger partial charge in [0.1, 0.15) is 5.75 Å². The Morgan fingerprint density at radius 2 is 1.94 bits per heavy atom. The number of aromatic amines is 1. The number of hydrogen-bond acceptors (Lipinski definition) is 6. The van der Waals surface area contributed by atoms with Gasteiger partial charge in [-0.1, -0.05) is 23.7 Å². The van der Waals surface area contributed by atoms with E-state index in [-0.39, 0.29) is 0 Å². The third-order valence-electron chi connectivity index (χ3n) is 4.99. The smallest absolute Gasteiger partial charge is 0.231 e. The lowest BCUT2D eigenvalue weighted by Gasteiger charge is -2.09. The monoisotopic (exact) mass is 431 g/mol. The molecule has 0 amide bonds. The second kappa shape index (κ2) is 7.73. The van der Waals surface area contributed by atoms with E-state index in [0.29, 0.717) is 22.5 Å². The molecule has 0 bridgehead atoms. The second-order valence-corrected chi connectivity index (χ2v) is 7.32. The average Bonchev–Trinajstić information content (AvgIpc) is 3.44. The first-order valence-corrected chi connectivity index (χ1v) is 9.93. The van der Waals surface area contributed by atoms with Gasteiger partial charge in [-0.05, 0) is 42.8 Å². The van der Waals surface area contributed by atoms with E-state index in [4.69, 9.17) is 26.4 Å². The Kier molecular flexibility index (Phi) is 4.76. The Morgan fingerprint density at radius 1 is 1.10 bits per heavy atom. The molecule has 0 saturated heterocycles. The zero-order chi connectivity index (χ0) is 21.4. The molecule has 5 rings (SSSR count). The quantitative estimate of drug-likeness (QED) is 0.410. The summed E-state index contributed by atoms with van der Waals surface area (Å²) >= 11 is 6.61. The van der Waals surface area contributed by atoms with E-state index in [2.05, 4.69) is 20.5 Å². The van der Waals surface area contributed by atoms with Crippen molar-refractivity contribution in [3.8, 4) is 22.8 Å². The lowest BCUT2D eigenvalue weighted by Crippen LogP contribution is -2.03. The van der Waals surface area contributed by atoms with Gasteiger partial charge in [-0.3, -0.25) is 10.1 Å². The van der Waals surface area contributed by atoms with Crippen LogP contribution in [0.15, 0.2) is 61.1 Å². The lowest BCUT2D eigenvalue weighted by atomic mass is 10.1. The number of aromatic nitrogens is 6. The Morgan fingerprint density at radius 3 is 2.74 bits per heavy atom. The number of nitrogens with zero attached hydrogens (tertiary/aromatic N) is 5. The summed E-state index contributed by atoms with van der Waals surface area (Å²) in [5, 5.41) is 16.4. The van der Waals surface area contributed by atoms with Crippen LogP contribution in [0.4, 0.5) is 11.6 Å². The van der Waals surface area contributed by atoms with Crippen molar-refractivity contribution in [1.29, 1.82) is 0 Å². The summed E-state index contributed by atoms with van der Waals surface area (Å²) in [6.07, 6.45) is 5.11. The Hall–Kier alpha value is -3.91. The summed E-state index contributed by atoms with van der Waals surface area (Å²) < 4.78 is 7.18. The van der Waals surface area contributed by atoms with E-state index in [9.17, 15) is 0 Å². The van der Waals surface area contributed by atoms with Crippen LogP contribution in [0.3, 0.4) is 0 Å². The fourth-order valence-corrected chi connectivity index (χ4v) is 3.60. The van der Waals surface area contributed by atoms with Crippen LogP contribution in [0.2, 0.25) is 5.02 Å². The summed E-state index contributed by atoms with van der Waals surface area (Å²) in [5.41, 5.74) is 4.26. The highest BCUT2D eigenvalue weighted by Gasteiger charge is 2.16. The molecule has 2 N–H and O–H groups in total. The number of fused-ring (bicyclic) bond motifs is 1. The molecule has 0 aliphatic carbocycles. The van der Waals surface area contributed by atoms with Crippen LogP contribution in [0.25, 0.3) is 28.0 Å². The molecule has 5 aromatic rings. The molecule has 0 unspecified atom stereocenters. The standard InChI is InChI=1S/C22H18ClN7O/c1-13-3-4-14(11-19(13)31-2)21-27-22(30(29-21)15-7-9-24-10-8-15)26-18-6-5-17-16(20(18)23)12-25-28-17/h3-12H,1-2H3,(H,25,28)(H,26,27,29). The highest BCUT2D eigenvalue weighted by Crippen LogP contribution is 2.33. The van der Waals surface area contributed by atoms with Gasteiger partial charge in [-0.25, -0.2) is 0 Å². The minimum Gasteiger partial charge on any atom is -0.496 e. The molecule has 0 fully saturated rings. The van der Waals surface area contributed by atoms with Crippen LogP contribution >= 0.6 is 11.6 Å². The Balaban J connectivity index is 1.62. The maximum atomic E-state index is 6.61. The topological polar surface area (TPSA) is 93.5 Å². The molecular weight excluding hydrogens is 414 g/mol. The summed E-state index contributed by atoms with van der Waals surface area (Å²) in [5.74, 6) is 1.85. The van der Waals surface area contributed by atoms with E-state index in [1.165, 1.54) is 0 Å². The van der Waals surface area contributed by atoms with Crippen molar-refractivity contribution in [2.45, 2.75) is 6.92 Å². The second-order valence-electron chi connectivity index (χ2n) is 6.94. The van der Waals surface area contributed by atoms with Gasteiger partial charge in [0.25, 0.3) is 0 Å². The molecule has 3 heterocycles.